The standard InChI is InChI=1S/C6H7ClF2O/c1-2-3-4-5(10)6(7,8)9/h2H,1,3-4H2. The first kappa shape index (κ1) is 9.56. The maximum absolute atomic E-state index is 11.8. The lowest BCUT2D eigenvalue weighted by Crippen LogP contribution is -2.20. The van der Waals surface area contributed by atoms with Crippen molar-refractivity contribution in [3.05, 3.63) is 12.7 Å². The molecule has 58 valence electrons. The summed E-state index contributed by atoms with van der Waals surface area (Å²) in [4.78, 5) is 10.3. The normalized spacial score (nSPS) is 11.1. The summed E-state index contributed by atoms with van der Waals surface area (Å²) in [6, 6.07) is 0. The molecule has 0 fully saturated rings. The first-order valence-corrected chi connectivity index (χ1v) is 3.07. The van der Waals surface area contributed by atoms with E-state index >= 15 is 0 Å². The van der Waals surface area contributed by atoms with Crippen LogP contribution in [-0.4, -0.2) is 11.2 Å². The fourth-order valence-electron chi connectivity index (χ4n) is 0.375. The maximum atomic E-state index is 11.8. The quantitative estimate of drug-likeness (QED) is 0.465. The Bertz CT molecular complexity index is 139. The lowest BCUT2D eigenvalue weighted by molar-refractivity contribution is -0.133. The summed E-state index contributed by atoms with van der Waals surface area (Å²) >= 11 is 4.40. The summed E-state index contributed by atoms with van der Waals surface area (Å²) in [5.41, 5.74) is 0. The van der Waals surface area contributed by atoms with E-state index in [2.05, 4.69) is 18.2 Å². The molecule has 0 radical (unpaired) electrons. The number of carbonyl (C=O) groups is 1. The topological polar surface area (TPSA) is 17.1 Å². The highest BCUT2D eigenvalue weighted by atomic mass is 35.5. The van der Waals surface area contributed by atoms with Gasteiger partial charge in [0.2, 0.25) is 5.78 Å². The predicted molar refractivity (Wildman–Crippen MR) is 35.2 cm³/mol. The van der Waals surface area contributed by atoms with Crippen molar-refractivity contribution in [3.63, 3.8) is 0 Å². The molecule has 0 amide bonds. The highest BCUT2D eigenvalue weighted by molar-refractivity contribution is 6.32. The van der Waals surface area contributed by atoms with Crippen molar-refractivity contribution >= 4 is 17.4 Å². The number of hydrogen-bond acceptors (Lipinski definition) is 1. The zero-order valence-electron chi connectivity index (χ0n) is 5.24. The summed E-state index contributed by atoms with van der Waals surface area (Å²) in [7, 11) is 0. The third kappa shape index (κ3) is 3.56. The monoisotopic (exact) mass is 168 g/mol. The fourth-order valence-corrected chi connectivity index (χ4v) is 0.469. The van der Waals surface area contributed by atoms with Gasteiger partial charge in [-0.15, -0.1) is 6.58 Å². The van der Waals surface area contributed by atoms with Crippen LogP contribution in [0.2, 0.25) is 0 Å². The van der Waals surface area contributed by atoms with Gasteiger partial charge in [0, 0.05) is 6.42 Å². The van der Waals surface area contributed by atoms with Crippen LogP contribution >= 0.6 is 11.6 Å². The van der Waals surface area contributed by atoms with Gasteiger partial charge >= 0.3 is 5.38 Å². The number of halogens is 3. The molecular formula is C6H7ClF2O. The number of carbonyl (C=O) groups excluding carboxylic acids is 1. The molecule has 0 heterocycles. The Hall–Kier alpha value is -0.440. The zero-order chi connectivity index (χ0) is 8.20. The van der Waals surface area contributed by atoms with Crippen LogP contribution in [0.1, 0.15) is 12.8 Å². The Morgan fingerprint density at radius 2 is 2.20 bits per heavy atom. The Kier molecular flexibility index (Phi) is 3.50. The smallest absolute Gasteiger partial charge is 0.291 e. The van der Waals surface area contributed by atoms with Crippen molar-refractivity contribution in [2.75, 3.05) is 0 Å². The van der Waals surface area contributed by atoms with Crippen molar-refractivity contribution < 1.29 is 13.6 Å². The largest absolute Gasteiger partial charge is 0.380 e. The van der Waals surface area contributed by atoms with Gasteiger partial charge in [0.15, 0.2) is 0 Å². The second-order valence-electron chi connectivity index (χ2n) is 1.75. The Balaban J connectivity index is 3.74. The van der Waals surface area contributed by atoms with Crippen molar-refractivity contribution in [3.8, 4) is 0 Å². The van der Waals surface area contributed by atoms with E-state index in [4.69, 9.17) is 0 Å². The highest BCUT2D eigenvalue weighted by Gasteiger charge is 2.33. The minimum atomic E-state index is -3.71. The molecule has 0 aromatic heterocycles. The number of ketones is 1. The van der Waals surface area contributed by atoms with E-state index in [1.165, 1.54) is 6.08 Å². The molecule has 0 spiro atoms. The number of rotatable bonds is 4. The van der Waals surface area contributed by atoms with Gasteiger partial charge in [0.25, 0.3) is 0 Å². The molecule has 4 heteroatoms. The number of Topliss-reactive ketones (excluding diaryl/α,β-unsaturated/α-hetero) is 1. The van der Waals surface area contributed by atoms with Crippen LogP contribution in [-0.2, 0) is 4.79 Å². The summed E-state index contributed by atoms with van der Waals surface area (Å²) in [6.07, 6.45) is 1.38. The van der Waals surface area contributed by atoms with Crippen LogP contribution in [0.5, 0.6) is 0 Å². The molecule has 1 nitrogen and oxygen atoms in total. The van der Waals surface area contributed by atoms with E-state index < -0.39 is 11.2 Å². The van der Waals surface area contributed by atoms with Crippen molar-refractivity contribution in [2.24, 2.45) is 0 Å². The summed E-state index contributed by atoms with van der Waals surface area (Å²) < 4.78 is 23.6. The fraction of sp³-hybridized carbons (Fsp3) is 0.500. The third-order valence-electron chi connectivity index (χ3n) is 0.892. The Labute approximate surface area is 62.7 Å². The van der Waals surface area contributed by atoms with E-state index in [0.717, 1.165) is 0 Å². The van der Waals surface area contributed by atoms with Crippen LogP contribution in [0.15, 0.2) is 12.7 Å². The molecule has 0 unspecified atom stereocenters. The van der Waals surface area contributed by atoms with Gasteiger partial charge in [-0.2, -0.15) is 8.78 Å². The zero-order valence-corrected chi connectivity index (χ0v) is 6.00. The molecule has 0 aliphatic heterocycles. The molecule has 0 N–H and O–H groups in total. The minimum absolute atomic E-state index is 0.237. The summed E-state index contributed by atoms with van der Waals surface area (Å²) in [5, 5.41) is -3.71. The van der Waals surface area contributed by atoms with Gasteiger partial charge in [-0.3, -0.25) is 4.79 Å². The van der Waals surface area contributed by atoms with E-state index in [1.807, 2.05) is 0 Å². The van der Waals surface area contributed by atoms with Crippen LogP contribution in [0.25, 0.3) is 0 Å². The molecule has 10 heavy (non-hydrogen) atoms. The summed E-state index contributed by atoms with van der Waals surface area (Å²) in [6.45, 7) is 3.27. The van der Waals surface area contributed by atoms with E-state index in [9.17, 15) is 13.6 Å². The van der Waals surface area contributed by atoms with Crippen LogP contribution < -0.4 is 0 Å². The molecule has 0 atom stereocenters. The summed E-state index contributed by atoms with van der Waals surface area (Å²) in [5.74, 6) is -1.26. The molecule has 0 bridgehead atoms. The van der Waals surface area contributed by atoms with Gasteiger partial charge in [-0.05, 0) is 18.0 Å². The second-order valence-corrected chi connectivity index (χ2v) is 2.22. The van der Waals surface area contributed by atoms with Crippen LogP contribution in [0, 0.1) is 0 Å². The lowest BCUT2D eigenvalue weighted by Gasteiger charge is -2.03. The van der Waals surface area contributed by atoms with Crippen LogP contribution in [0.4, 0.5) is 8.78 Å². The molecule has 0 rings (SSSR count). The molecule has 0 aliphatic rings. The van der Waals surface area contributed by atoms with Gasteiger partial charge in [0.05, 0.1) is 0 Å². The first-order chi connectivity index (χ1) is 4.48. The second kappa shape index (κ2) is 3.66. The van der Waals surface area contributed by atoms with E-state index in [0.29, 0.717) is 0 Å². The first-order valence-electron chi connectivity index (χ1n) is 2.69. The van der Waals surface area contributed by atoms with Gasteiger partial charge in [-0.25, -0.2) is 0 Å². The lowest BCUT2D eigenvalue weighted by atomic mass is 10.2. The van der Waals surface area contributed by atoms with Gasteiger partial charge in [0.1, 0.15) is 0 Å². The van der Waals surface area contributed by atoms with E-state index in [-0.39, 0.29) is 12.8 Å². The molecule has 0 aromatic rings. The number of allylic oxidation sites excluding steroid dienone is 1. The highest BCUT2D eigenvalue weighted by Crippen LogP contribution is 2.21. The molecule has 0 saturated carbocycles. The van der Waals surface area contributed by atoms with Crippen LogP contribution in [0.3, 0.4) is 0 Å². The molecule has 0 aromatic carbocycles. The average Bonchev–Trinajstić information content (AvgIpc) is 1.80. The van der Waals surface area contributed by atoms with Gasteiger partial charge in [-0.1, -0.05) is 6.08 Å². The minimum Gasteiger partial charge on any atom is -0.291 e. The van der Waals surface area contributed by atoms with Crippen molar-refractivity contribution in [1.82, 2.24) is 0 Å². The van der Waals surface area contributed by atoms with Gasteiger partial charge < -0.3 is 0 Å². The Morgan fingerprint density at radius 1 is 1.70 bits per heavy atom. The molecular weight excluding hydrogens is 162 g/mol. The number of hydrogen-bond donors (Lipinski definition) is 0. The molecule has 0 saturated heterocycles. The van der Waals surface area contributed by atoms with Crippen molar-refractivity contribution in [1.29, 1.82) is 0 Å². The van der Waals surface area contributed by atoms with E-state index in [1.54, 1.807) is 0 Å². The SMILES string of the molecule is C=CCCC(=O)C(F)(F)Cl. The number of alkyl halides is 3. The molecule has 0 aliphatic carbocycles. The maximum Gasteiger partial charge on any atom is 0.380 e. The Morgan fingerprint density at radius 3 is 2.50 bits per heavy atom. The van der Waals surface area contributed by atoms with Crippen molar-refractivity contribution in [2.45, 2.75) is 18.2 Å². The average molecular weight is 169 g/mol. The third-order valence-corrected chi connectivity index (χ3v) is 1.10. The predicted octanol–water partition coefficient (Wildman–Crippen LogP) is 2.35.